The molecule has 0 spiro atoms. The molecule has 1 aliphatic heterocycles. The third-order valence-electron chi connectivity index (χ3n) is 5.26. The molecule has 0 saturated carbocycles. The van der Waals surface area contributed by atoms with Crippen LogP contribution in [0.15, 0.2) is 12.1 Å². The number of hydrogen-bond donors (Lipinski definition) is 3. The summed E-state index contributed by atoms with van der Waals surface area (Å²) in [6.07, 6.45) is 3.48. The van der Waals surface area contributed by atoms with E-state index in [9.17, 15) is 9.59 Å². The first-order valence-corrected chi connectivity index (χ1v) is 9.90. The minimum absolute atomic E-state index is 0. The fourth-order valence-corrected chi connectivity index (χ4v) is 3.78. The molecule has 0 radical (unpaired) electrons. The van der Waals surface area contributed by atoms with Crippen molar-refractivity contribution >= 4 is 29.9 Å². The van der Waals surface area contributed by atoms with E-state index in [4.69, 9.17) is 0 Å². The summed E-state index contributed by atoms with van der Waals surface area (Å²) in [6.45, 7) is 9.34. The first-order valence-electron chi connectivity index (χ1n) is 9.90. The lowest BCUT2D eigenvalue weighted by Gasteiger charge is -2.31. The van der Waals surface area contributed by atoms with Crippen LogP contribution in [0, 0.1) is 26.7 Å². The molecule has 3 N–H and O–H groups in total. The Morgan fingerprint density at radius 3 is 2.25 bits per heavy atom. The van der Waals surface area contributed by atoms with E-state index in [2.05, 4.69) is 20.9 Å². The zero-order valence-corrected chi connectivity index (χ0v) is 18.4. The Labute approximate surface area is 175 Å². The molecule has 1 heterocycles. The van der Waals surface area contributed by atoms with E-state index in [1.54, 1.807) is 0 Å². The normalized spacial score (nSPS) is 15.0. The van der Waals surface area contributed by atoms with Crippen molar-refractivity contribution in [2.24, 2.45) is 5.92 Å². The van der Waals surface area contributed by atoms with E-state index in [1.165, 1.54) is 12.0 Å². The number of amides is 2. The van der Waals surface area contributed by atoms with Crippen molar-refractivity contribution < 1.29 is 9.59 Å². The van der Waals surface area contributed by atoms with Crippen LogP contribution < -0.4 is 16.0 Å². The molecule has 1 aromatic rings. The fourth-order valence-electron chi connectivity index (χ4n) is 3.78. The third kappa shape index (κ3) is 7.78. The van der Waals surface area contributed by atoms with Crippen LogP contribution in [0.4, 0.5) is 5.69 Å². The highest BCUT2D eigenvalue weighted by Crippen LogP contribution is 2.22. The minimum Gasteiger partial charge on any atom is -0.346 e. The molecule has 0 bridgehead atoms. The molecule has 1 saturated heterocycles. The smallest absolute Gasteiger partial charge is 0.243 e. The molecule has 1 fully saturated rings. The lowest BCUT2D eigenvalue weighted by Crippen LogP contribution is -2.43. The molecule has 158 valence electrons. The lowest BCUT2D eigenvalue weighted by atomic mass is 9.93. The Balaban J connectivity index is 0.00000392. The van der Waals surface area contributed by atoms with E-state index in [0.717, 1.165) is 55.2 Å². The number of nitrogens with one attached hydrogen (secondary N) is 3. The first kappa shape index (κ1) is 24.4. The molecule has 1 aromatic carbocycles. The van der Waals surface area contributed by atoms with Gasteiger partial charge in [-0.15, -0.1) is 12.4 Å². The molecular weight excluding hydrogens is 376 g/mol. The quantitative estimate of drug-likeness (QED) is 0.615. The van der Waals surface area contributed by atoms with Gasteiger partial charge in [-0.1, -0.05) is 17.7 Å². The molecule has 0 unspecified atom stereocenters. The van der Waals surface area contributed by atoms with Crippen molar-refractivity contribution in [2.75, 3.05) is 45.1 Å². The van der Waals surface area contributed by atoms with Crippen molar-refractivity contribution in [1.29, 1.82) is 0 Å². The summed E-state index contributed by atoms with van der Waals surface area (Å²) >= 11 is 0. The van der Waals surface area contributed by atoms with Gasteiger partial charge in [0, 0.05) is 5.69 Å². The second-order valence-corrected chi connectivity index (χ2v) is 7.71. The minimum atomic E-state index is -0.191. The molecule has 7 heteroatoms. The van der Waals surface area contributed by atoms with Gasteiger partial charge in [0.15, 0.2) is 0 Å². The standard InChI is InChI=1S/C21H34N4O2.ClH/c1-15-11-16(2)21(17(3)12-15)24-19(26)13-23-20(27)14-25-9-6-18(7-10-25)5-8-22-4;/h11-12,18,22H,5-10,13-14H2,1-4H3,(H,23,27)(H,24,26);1H. The average molecular weight is 411 g/mol. The van der Waals surface area contributed by atoms with Gasteiger partial charge in [0.05, 0.1) is 13.1 Å². The predicted molar refractivity (Wildman–Crippen MR) is 117 cm³/mol. The summed E-state index contributed by atoms with van der Waals surface area (Å²) in [5.74, 6) is 0.476. The topological polar surface area (TPSA) is 73.5 Å². The maximum absolute atomic E-state index is 12.2. The molecule has 1 aliphatic rings. The number of likely N-dealkylation sites (tertiary alicyclic amines) is 1. The van der Waals surface area contributed by atoms with Crippen LogP contribution in [0.1, 0.15) is 36.0 Å². The van der Waals surface area contributed by atoms with Crippen molar-refractivity contribution in [3.8, 4) is 0 Å². The van der Waals surface area contributed by atoms with Gasteiger partial charge in [-0.2, -0.15) is 0 Å². The summed E-state index contributed by atoms with van der Waals surface area (Å²) in [6, 6.07) is 4.09. The van der Waals surface area contributed by atoms with E-state index >= 15 is 0 Å². The number of piperidine rings is 1. The van der Waals surface area contributed by atoms with Gasteiger partial charge >= 0.3 is 0 Å². The van der Waals surface area contributed by atoms with Gasteiger partial charge in [-0.25, -0.2) is 0 Å². The van der Waals surface area contributed by atoms with Crippen LogP contribution in [0.2, 0.25) is 0 Å². The van der Waals surface area contributed by atoms with Crippen molar-refractivity contribution in [3.63, 3.8) is 0 Å². The number of nitrogens with zero attached hydrogens (tertiary/aromatic N) is 1. The number of benzene rings is 1. The summed E-state index contributed by atoms with van der Waals surface area (Å²) in [7, 11) is 1.98. The molecule has 2 amide bonds. The zero-order valence-electron chi connectivity index (χ0n) is 17.6. The zero-order chi connectivity index (χ0) is 19.8. The van der Waals surface area contributed by atoms with Crippen LogP contribution in [0.3, 0.4) is 0 Å². The van der Waals surface area contributed by atoms with Gasteiger partial charge in [-0.05, 0) is 83.8 Å². The van der Waals surface area contributed by atoms with Crippen LogP contribution in [0.5, 0.6) is 0 Å². The highest BCUT2D eigenvalue weighted by Gasteiger charge is 2.20. The third-order valence-corrected chi connectivity index (χ3v) is 5.26. The number of carbonyl (C=O) groups excluding carboxylic acids is 2. The number of rotatable bonds is 8. The summed E-state index contributed by atoms with van der Waals surface area (Å²) in [5.41, 5.74) is 4.08. The SMILES string of the molecule is CNCCC1CCN(CC(=O)NCC(=O)Nc2c(C)cc(C)cc2C)CC1.Cl. The van der Waals surface area contributed by atoms with E-state index < -0.39 is 0 Å². The van der Waals surface area contributed by atoms with Gasteiger partial charge in [0.2, 0.25) is 11.8 Å². The highest BCUT2D eigenvalue weighted by atomic mass is 35.5. The second kappa shape index (κ2) is 12.0. The maximum atomic E-state index is 12.2. The lowest BCUT2D eigenvalue weighted by molar-refractivity contribution is -0.125. The van der Waals surface area contributed by atoms with Crippen molar-refractivity contribution in [3.05, 3.63) is 28.8 Å². The van der Waals surface area contributed by atoms with E-state index in [0.29, 0.717) is 6.54 Å². The molecule has 28 heavy (non-hydrogen) atoms. The predicted octanol–water partition coefficient (Wildman–Crippen LogP) is 2.41. The fraction of sp³-hybridized carbons (Fsp3) is 0.619. The second-order valence-electron chi connectivity index (χ2n) is 7.71. The number of hydrogen-bond acceptors (Lipinski definition) is 4. The van der Waals surface area contributed by atoms with Gasteiger partial charge in [0.1, 0.15) is 0 Å². The number of carbonyl (C=O) groups is 2. The van der Waals surface area contributed by atoms with Crippen molar-refractivity contribution in [2.45, 2.75) is 40.0 Å². The monoisotopic (exact) mass is 410 g/mol. The average Bonchev–Trinajstić information content (AvgIpc) is 2.62. The van der Waals surface area contributed by atoms with Crippen LogP contribution in [0.25, 0.3) is 0 Å². The summed E-state index contributed by atoms with van der Waals surface area (Å²) in [4.78, 5) is 26.5. The largest absolute Gasteiger partial charge is 0.346 e. The highest BCUT2D eigenvalue weighted by molar-refractivity contribution is 5.96. The van der Waals surface area contributed by atoms with E-state index in [1.807, 2.05) is 40.0 Å². The Morgan fingerprint density at radius 1 is 1.07 bits per heavy atom. The molecule has 0 aromatic heterocycles. The summed E-state index contributed by atoms with van der Waals surface area (Å²) < 4.78 is 0. The van der Waals surface area contributed by atoms with Crippen LogP contribution >= 0.6 is 12.4 Å². The van der Waals surface area contributed by atoms with Gasteiger partial charge in [0.25, 0.3) is 0 Å². The number of aryl methyl sites for hydroxylation is 3. The Kier molecular flexibility index (Phi) is 10.5. The van der Waals surface area contributed by atoms with Gasteiger partial charge < -0.3 is 16.0 Å². The maximum Gasteiger partial charge on any atom is 0.243 e. The first-order chi connectivity index (χ1) is 12.9. The number of anilines is 1. The molecule has 2 rings (SSSR count). The van der Waals surface area contributed by atoms with Crippen LogP contribution in [-0.2, 0) is 9.59 Å². The Bertz CT molecular complexity index is 635. The van der Waals surface area contributed by atoms with Crippen LogP contribution in [-0.4, -0.2) is 56.5 Å². The molecule has 0 atom stereocenters. The van der Waals surface area contributed by atoms with E-state index in [-0.39, 0.29) is 30.8 Å². The Morgan fingerprint density at radius 2 is 1.68 bits per heavy atom. The van der Waals surface area contributed by atoms with Gasteiger partial charge in [-0.3, -0.25) is 14.5 Å². The molecule has 6 nitrogen and oxygen atoms in total. The molecule has 0 aliphatic carbocycles. The van der Waals surface area contributed by atoms with Crippen molar-refractivity contribution in [1.82, 2.24) is 15.5 Å². The Hall–Kier alpha value is -1.63. The summed E-state index contributed by atoms with van der Waals surface area (Å²) in [5, 5.41) is 8.86. The molecular formula is C21H35ClN4O2. The number of halogens is 1.